The number of benzene rings is 3. The topological polar surface area (TPSA) is 65.7 Å². The Morgan fingerprint density at radius 1 is 0.643 bits per heavy atom. The van der Waals surface area contributed by atoms with Crippen LogP contribution in [-0.2, 0) is 12.8 Å². The summed E-state index contributed by atoms with van der Waals surface area (Å²) in [4.78, 5) is 33.1. The normalized spacial score (nSPS) is 11.8. The van der Waals surface area contributed by atoms with Crippen LogP contribution in [0.4, 0.5) is 0 Å². The summed E-state index contributed by atoms with van der Waals surface area (Å²) in [5.74, 6) is 0. The van der Waals surface area contributed by atoms with Crippen molar-refractivity contribution in [2.75, 3.05) is 0 Å². The summed E-state index contributed by atoms with van der Waals surface area (Å²) in [5.41, 5.74) is 5.27. The molecule has 5 rings (SSSR count). The highest BCUT2D eigenvalue weighted by molar-refractivity contribution is 6.03. The summed E-state index contributed by atoms with van der Waals surface area (Å²) in [7, 11) is 0. The van der Waals surface area contributed by atoms with E-state index in [9.17, 15) is 9.59 Å². The second-order valence-electron chi connectivity index (χ2n) is 7.24. The van der Waals surface area contributed by atoms with Gasteiger partial charge >= 0.3 is 0 Å². The fraction of sp³-hybridized carbons (Fsp3) is 0.167. The Morgan fingerprint density at radius 2 is 1.07 bits per heavy atom. The van der Waals surface area contributed by atoms with Crippen LogP contribution in [0.2, 0.25) is 0 Å². The van der Waals surface area contributed by atoms with E-state index in [0.717, 1.165) is 35.0 Å². The van der Waals surface area contributed by atoms with E-state index in [2.05, 4.69) is 23.8 Å². The molecule has 2 N–H and O–H groups in total. The van der Waals surface area contributed by atoms with Gasteiger partial charge in [0.05, 0.1) is 22.1 Å². The van der Waals surface area contributed by atoms with E-state index in [1.54, 1.807) is 0 Å². The van der Waals surface area contributed by atoms with Crippen molar-refractivity contribution in [3.8, 4) is 0 Å². The third kappa shape index (κ3) is 2.24. The van der Waals surface area contributed by atoms with Gasteiger partial charge < -0.3 is 9.97 Å². The SMILES string of the molecule is CCc1cccc2c(=O)c3cc4[nH]c5c(CC)cccc5c(=O)c4cc3[nH]c12. The number of aryl methyl sites for hydroxylation is 2. The number of para-hydroxylation sites is 2. The van der Waals surface area contributed by atoms with Gasteiger partial charge in [0.2, 0.25) is 0 Å². The number of pyridine rings is 2. The molecular formula is C24H20N2O2. The van der Waals surface area contributed by atoms with Crippen LogP contribution >= 0.6 is 0 Å². The molecule has 3 aromatic carbocycles. The number of aromatic nitrogens is 2. The fourth-order valence-electron chi connectivity index (χ4n) is 4.20. The first-order valence-corrected chi connectivity index (χ1v) is 9.67. The molecule has 0 saturated heterocycles. The predicted molar refractivity (Wildman–Crippen MR) is 116 cm³/mol. The van der Waals surface area contributed by atoms with Crippen molar-refractivity contribution in [1.29, 1.82) is 0 Å². The van der Waals surface area contributed by atoms with Gasteiger partial charge in [0.15, 0.2) is 10.9 Å². The van der Waals surface area contributed by atoms with Crippen LogP contribution in [0.15, 0.2) is 58.1 Å². The van der Waals surface area contributed by atoms with E-state index in [0.29, 0.717) is 32.6 Å². The van der Waals surface area contributed by atoms with Crippen LogP contribution in [-0.4, -0.2) is 9.97 Å². The first-order chi connectivity index (χ1) is 13.6. The molecule has 0 atom stereocenters. The zero-order valence-electron chi connectivity index (χ0n) is 15.8. The van der Waals surface area contributed by atoms with Crippen molar-refractivity contribution < 1.29 is 0 Å². The van der Waals surface area contributed by atoms with Crippen molar-refractivity contribution in [2.45, 2.75) is 26.7 Å². The maximum atomic E-state index is 13.2. The van der Waals surface area contributed by atoms with Gasteiger partial charge in [-0.2, -0.15) is 0 Å². The Balaban J connectivity index is 1.99. The third-order valence-corrected chi connectivity index (χ3v) is 5.72. The molecule has 2 aromatic heterocycles. The summed E-state index contributed by atoms with van der Waals surface area (Å²) >= 11 is 0. The molecule has 0 saturated carbocycles. The molecule has 138 valence electrons. The maximum Gasteiger partial charge on any atom is 0.197 e. The lowest BCUT2D eigenvalue weighted by Crippen LogP contribution is -2.09. The van der Waals surface area contributed by atoms with E-state index in [4.69, 9.17) is 0 Å². The summed E-state index contributed by atoms with van der Waals surface area (Å²) in [6.45, 7) is 4.14. The molecule has 0 spiro atoms. The smallest absolute Gasteiger partial charge is 0.197 e. The Kier molecular flexibility index (Phi) is 3.63. The Labute approximate surface area is 160 Å². The summed E-state index contributed by atoms with van der Waals surface area (Å²) < 4.78 is 0. The molecular weight excluding hydrogens is 348 g/mol. The van der Waals surface area contributed by atoms with Gasteiger partial charge in [-0.1, -0.05) is 38.1 Å². The van der Waals surface area contributed by atoms with Gasteiger partial charge in [-0.15, -0.1) is 0 Å². The quantitative estimate of drug-likeness (QED) is 0.440. The first kappa shape index (κ1) is 16.8. The van der Waals surface area contributed by atoms with E-state index < -0.39 is 0 Å². The second kappa shape index (κ2) is 6.06. The lowest BCUT2D eigenvalue weighted by atomic mass is 10.0. The van der Waals surface area contributed by atoms with Crippen LogP contribution in [0.25, 0.3) is 43.6 Å². The summed E-state index contributed by atoms with van der Waals surface area (Å²) in [5, 5.41) is 2.56. The molecule has 5 aromatic rings. The van der Waals surface area contributed by atoms with Crippen molar-refractivity contribution in [3.05, 3.63) is 80.1 Å². The van der Waals surface area contributed by atoms with Crippen molar-refractivity contribution in [3.63, 3.8) is 0 Å². The average Bonchev–Trinajstić information content (AvgIpc) is 2.73. The molecule has 0 amide bonds. The monoisotopic (exact) mass is 368 g/mol. The zero-order chi connectivity index (χ0) is 19.4. The minimum absolute atomic E-state index is 0.00864. The van der Waals surface area contributed by atoms with E-state index >= 15 is 0 Å². The number of rotatable bonds is 2. The number of aromatic amines is 2. The van der Waals surface area contributed by atoms with Crippen molar-refractivity contribution in [1.82, 2.24) is 9.97 Å². The molecule has 28 heavy (non-hydrogen) atoms. The van der Waals surface area contributed by atoms with Gasteiger partial charge in [-0.05, 0) is 48.2 Å². The Morgan fingerprint density at radius 3 is 1.46 bits per heavy atom. The second-order valence-corrected chi connectivity index (χ2v) is 7.24. The van der Waals surface area contributed by atoms with Crippen molar-refractivity contribution in [2.24, 2.45) is 0 Å². The van der Waals surface area contributed by atoms with E-state index in [1.807, 2.05) is 48.5 Å². The average molecular weight is 368 g/mol. The molecule has 0 radical (unpaired) electrons. The highest BCUT2D eigenvalue weighted by atomic mass is 16.1. The number of hydrogen-bond acceptors (Lipinski definition) is 2. The molecule has 0 unspecified atom stereocenters. The van der Waals surface area contributed by atoms with Gasteiger partial charge in [0, 0.05) is 21.5 Å². The summed E-state index contributed by atoms with van der Waals surface area (Å²) in [6.07, 6.45) is 1.66. The van der Waals surface area contributed by atoms with Gasteiger partial charge in [-0.25, -0.2) is 0 Å². The van der Waals surface area contributed by atoms with Gasteiger partial charge in [0.25, 0.3) is 0 Å². The van der Waals surface area contributed by atoms with Crippen LogP contribution < -0.4 is 10.9 Å². The van der Waals surface area contributed by atoms with Crippen LogP contribution in [0, 0.1) is 0 Å². The standard InChI is InChI=1S/C24H20N2O2/c1-3-13-7-5-9-15-21(13)25-19-11-18-20(12-17(19)23(15)27)26-22-14(4-2)8-6-10-16(22)24(18)28/h5-12H,3-4H2,1-2H3,(H,25,27)(H,26,28). The molecule has 4 nitrogen and oxygen atoms in total. The molecule has 2 heterocycles. The first-order valence-electron chi connectivity index (χ1n) is 9.67. The van der Waals surface area contributed by atoms with Crippen LogP contribution in [0.1, 0.15) is 25.0 Å². The highest BCUT2D eigenvalue weighted by Crippen LogP contribution is 2.24. The van der Waals surface area contributed by atoms with Gasteiger partial charge in [-0.3, -0.25) is 9.59 Å². The Hall–Kier alpha value is -3.40. The molecule has 4 heteroatoms. The number of H-pyrrole nitrogens is 2. The number of hydrogen-bond donors (Lipinski definition) is 2. The number of nitrogens with one attached hydrogen (secondary N) is 2. The lowest BCUT2D eigenvalue weighted by Gasteiger charge is -2.10. The molecule has 0 aliphatic heterocycles. The van der Waals surface area contributed by atoms with Gasteiger partial charge in [0.1, 0.15) is 0 Å². The third-order valence-electron chi connectivity index (χ3n) is 5.72. The van der Waals surface area contributed by atoms with E-state index in [1.165, 1.54) is 0 Å². The number of fused-ring (bicyclic) bond motifs is 4. The highest BCUT2D eigenvalue weighted by Gasteiger charge is 2.13. The minimum atomic E-state index is -0.00864. The largest absolute Gasteiger partial charge is 0.354 e. The fourth-order valence-corrected chi connectivity index (χ4v) is 4.20. The van der Waals surface area contributed by atoms with Crippen molar-refractivity contribution >= 4 is 43.6 Å². The molecule has 0 aliphatic rings. The van der Waals surface area contributed by atoms with Crippen LogP contribution in [0.3, 0.4) is 0 Å². The predicted octanol–water partition coefficient (Wildman–Crippen LogP) is 4.80. The summed E-state index contributed by atoms with van der Waals surface area (Å²) in [6, 6.07) is 15.2. The maximum absolute atomic E-state index is 13.2. The molecule has 0 aliphatic carbocycles. The minimum Gasteiger partial charge on any atom is -0.354 e. The Bertz CT molecular complexity index is 1410. The molecule has 0 bridgehead atoms. The van der Waals surface area contributed by atoms with E-state index in [-0.39, 0.29) is 10.9 Å². The van der Waals surface area contributed by atoms with Crippen LogP contribution in [0.5, 0.6) is 0 Å². The zero-order valence-corrected chi connectivity index (χ0v) is 15.8. The molecule has 0 fully saturated rings. The lowest BCUT2D eigenvalue weighted by molar-refractivity contribution is 1.15.